The lowest BCUT2D eigenvalue weighted by Gasteiger charge is -2.25. The van der Waals surface area contributed by atoms with Gasteiger partial charge in [0.25, 0.3) is 0 Å². The highest BCUT2D eigenvalue weighted by Gasteiger charge is 2.50. The summed E-state index contributed by atoms with van der Waals surface area (Å²) in [5, 5.41) is 0.145. The minimum absolute atomic E-state index is 0.283. The number of alkyl halides is 2. The number of nitrogens with two attached hydrogens (primary N) is 2. The minimum atomic E-state index is -3.68. The molecule has 4 aromatic rings. The molecule has 0 radical (unpaired) electrons. The zero-order valence-electron chi connectivity index (χ0n) is 28.6. The van der Waals surface area contributed by atoms with Gasteiger partial charge in [-0.2, -0.15) is 0 Å². The average molecular weight is 756 g/mol. The van der Waals surface area contributed by atoms with Crippen LogP contribution in [0.1, 0.15) is 64.2 Å². The Hall–Kier alpha value is -3.86. The number of thiazole rings is 1. The van der Waals surface area contributed by atoms with Crippen molar-refractivity contribution in [1.29, 1.82) is 0 Å². The van der Waals surface area contributed by atoms with E-state index in [9.17, 15) is 26.8 Å². The summed E-state index contributed by atoms with van der Waals surface area (Å²) in [4.78, 5) is 41.1. The molecule has 7 rings (SSSR count). The number of fused-ring (bicyclic) bond motifs is 2. The SMILES string of the molecule is NC(=O)C1CC(Oc2nc3ccccc3nc2-c2nc3ccccc3s2)CN1CC(N)CCCCCC(F)(F)CC1CC1C(=O)NS(=O)(=O)C1CC1. The van der Waals surface area contributed by atoms with Crippen LogP contribution in [0.4, 0.5) is 8.78 Å². The van der Waals surface area contributed by atoms with Gasteiger partial charge < -0.3 is 16.2 Å². The molecule has 2 aromatic heterocycles. The van der Waals surface area contributed by atoms with Crippen molar-refractivity contribution in [2.45, 2.75) is 93.6 Å². The Morgan fingerprint density at radius 1 is 1.00 bits per heavy atom. The van der Waals surface area contributed by atoms with E-state index in [2.05, 4.69) is 4.72 Å². The summed E-state index contributed by atoms with van der Waals surface area (Å²) < 4.78 is 62.9. The van der Waals surface area contributed by atoms with E-state index in [1.807, 2.05) is 53.4 Å². The lowest BCUT2D eigenvalue weighted by atomic mass is 10.0. The van der Waals surface area contributed by atoms with Crippen LogP contribution in [-0.2, 0) is 19.6 Å². The number of nitrogens with one attached hydrogen (secondary N) is 1. The number of benzene rings is 2. The number of rotatable bonds is 17. The summed E-state index contributed by atoms with van der Waals surface area (Å²) >= 11 is 1.50. The molecule has 16 heteroatoms. The second-order valence-corrected chi connectivity index (χ2v) is 17.4. The molecular weight excluding hydrogens is 713 g/mol. The van der Waals surface area contributed by atoms with Crippen molar-refractivity contribution in [2.75, 3.05) is 13.1 Å². The van der Waals surface area contributed by atoms with Gasteiger partial charge in [0.15, 0.2) is 5.69 Å². The van der Waals surface area contributed by atoms with Gasteiger partial charge in [0.2, 0.25) is 33.6 Å². The van der Waals surface area contributed by atoms with Gasteiger partial charge in [-0.3, -0.25) is 19.2 Å². The Balaban J connectivity index is 0.891. The summed E-state index contributed by atoms with van der Waals surface area (Å²) in [6.45, 7) is 0.785. The van der Waals surface area contributed by atoms with Crippen LogP contribution < -0.4 is 20.9 Å². The molecule has 0 bridgehead atoms. The Bertz CT molecular complexity index is 2030. The Morgan fingerprint density at radius 2 is 1.71 bits per heavy atom. The number of primary amides is 1. The number of hydrogen-bond donors (Lipinski definition) is 3. The number of para-hydroxylation sites is 3. The van der Waals surface area contributed by atoms with Crippen molar-refractivity contribution in [1.82, 2.24) is 24.6 Å². The molecule has 5 atom stereocenters. The van der Waals surface area contributed by atoms with E-state index in [-0.39, 0.29) is 18.9 Å². The van der Waals surface area contributed by atoms with E-state index in [0.29, 0.717) is 85.7 Å². The number of nitrogens with zero attached hydrogens (tertiary/aromatic N) is 4. The molecule has 12 nitrogen and oxygen atoms in total. The third-order valence-corrected chi connectivity index (χ3v) is 13.0. The first-order valence-electron chi connectivity index (χ1n) is 17.9. The molecule has 3 fully saturated rings. The first kappa shape index (κ1) is 36.5. The van der Waals surface area contributed by atoms with Crippen molar-refractivity contribution in [2.24, 2.45) is 23.3 Å². The molecule has 5 N–H and O–H groups in total. The Kier molecular flexibility index (Phi) is 10.4. The highest BCUT2D eigenvalue weighted by Crippen LogP contribution is 2.47. The molecule has 1 saturated heterocycles. The van der Waals surface area contributed by atoms with Gasteiger partial charge >= 0.3 is 0 Å². The van der Waals surface area contributed by atoms with Crippen LogP contribution in [0.25, 0.3) is 32.0 Å². The summed E-state index contributed by atoms with van der Waals surface area (Å²) in [5.74, 6) is -4.91. The van der Waals surface area contributed by atoms with Gasteiger partial charge in [-0.15, -0.1) is 11.3 Å². The number of likely N-dealkylation sites (tertiary alicyclic amines) is 1. The molecule has 2 aromatic carbocycles. The Morgan fingerprint density at radius 3 is 2.42 bits per heavy atom. The molecule has 5 unspecified atom stereocenters. The predicted molar refractivity (Wildman–Crippen MR) is 194 cm³/mol. The highest BCUT2D eigenvalue weighted by atomic mass is 32.2. The number of halogens is 2. The Labute approximate surface area is 304 Å². The molecule has 3 aliphatic rings. The van der Waals surface area contributed by atoms with Crippen molar-refractivity contribution in [3.05, 3.63) is 48.5 Å². The maximum absolute atomic E-state index is 14.7. The monoisotopic (exact) mass is 755 g/mol. The van der Waals surface area contributed by atoms with Crippen LogP contribution in [0.5, 0.6) is 5.88 Å². The highest BCUT2D eigenvalue weighted by molar-refractivity contribution is 7.90. The van der Waals surface area contributed by atoms with Gasteiger partial charge in [0.05, 0.1) is 32.5 Å². The number of amides is 2. The topological polar surface area (TPSA) is 183 Å². The molecule has 2 saturated carbocycles. The standard InChI is InChI=1S/C36H43F2N7O5S2/c37-36(38,18-21-16-25(21)33(47)44-52(48,49)24-13-14-24)15-7-1-2-8-22(39)19-45-20-23(17-29(45)32(40)46)50-34-31(41-26-9-3-4-10-27(26)42-34)35-43-28-11-5-6-12-30(28)51-35/h3-6,9-12,21-25,29H,1-2,7-8,13-20,39H2,(H2,40,46)(H,44,47). The van der Waals surface area contributed by atoms with Crippen LogP contribution >= 0.6 is 11.3 Å². The van der Waals surface area contributed by atoms with Crippen LogP contribution in [0.2, 0.25) is 0 Å². The number of hydrogen-bond acceptors (Lipinski definition) is 11. The fourth-order valence-corrected chi connectivity index (χ4v) is 9.40. The third kappa shape index (κ3) is 8.67. The molecule has 3 heterocycles. The van der Waals surface area contributed by atoms with E-state index in [1.165, 1.54) is 11.3 Å². The number of unbranched alkanes of at least 4 members (excludes halogenated alkanes) is 2. The van der Waals surface area contributed by atoms with E-state index in [0.717, 1.165) is 10.2 Å². The zero-order valence-corrected chi connectivity index (χ0v) is 30.3. The quantitative estimate of drug-likeness (QED) is 0.127. The van der Waals surface area contributed by atoms with Gasteiger partial charge in [-0.05, 0) is 62.3 Å². The third-order valence-electron chi connectivity index (χ3n) is 10.1. The number of carbonyl (C=O) groups is 2. The second kappa shape index (κ2) is 14.9. The number of aromatic nitrogens is 3. The average Bonchev–Trinajstić information content (AvgIpc) is 4.01. The van der Waals surface area contributed by atoms with Gasteiger partial charge in [0.1, 0.15) is 11.1 Å². The normalized spacial score (nSPS) is 22.8. The molecule has 1 aliphatic heterocycles. The smallest absolute Gasteiger partial charge is 0.248 e. The number of sulfonamides is 1. The minimum Gasteiger partial charge on any atom is -0.471 e. The maximum Gasteiger partial charge on any atom is 0.248 e. The molecular formula is C36H43F2N7O5S2. The number of carbonyl (C=O) groups excluding carboxylic acids is 2. The lowest BCUT2D eigenvalue weighted by molar-refractivity contribution is -0.122. The van der Waals surface area contributed by atoms with Gasteiger partial charge in [-0.1, -0.05) is 37.1 Å². The molecule has 52 heavy (non-hydrogen) atoms. The van der Waals surface area contributed by atoms with E-state index in [1.54, 1.807) is 0 Å². The summed E-state index contributed by atoms with van der Waals surface area (Å²) in [5.41, 5.74) is 15.0. The number of ether oxygens (including phenoxy) is 1. The summed E-state index contributed by atoms with van der Waals surface area (Å²) in [7, 11) is -3.68. The first-order chi connectivity index (χ1) is 24.8. The van der Waals surface area contributed by atoms with Crippen LogP contribution in [0.3, 0.4) is 0 Å². The van der Waals surface area contributed by atoms with Crippen molar-refractivity contribution < 1.29 is 31.5 Å². The van der Waals surface area contributed by atoms with Gasteiger partial charge in [-0.25, -0.2) is 32.2 Å². The lowest BCUT2D eigenvalue weighted by Crippen LogP contribution is -2.45. The van der Waals surface area contributed by atoms with Crippen LogP contribution in [-0.4, -0.2) is 82.5 Å². The fourth-order valence-electron chi connectivity index (χ4n) is 7.10. The van der Waals surface area contributed by atoms with Crippen LogP contribution in [0.15, 0.2) is 48.5 Å². The van der Waals surface area contributed by atoms with E-state index < -0.39 is 63.4 Å². The largest absolute Gasteiger partial charge is 0.471 e. The van der Waals surface area contributed by atoms with Crippen molar-refractivity contribution >= 4 is 54.4 Å². The summed E-state index contributed by atoms with van der Waals surface area (Å²) in [6.07, 6.45) is 2.62. The molecule has 2 aliphatic carbocycles. The fraction of sp³-hybridized carbons (Fsp3) is 0.528. The summed E-state index contributed by atoms with van der Waals surface area (Å²) in [6, 6.07) is 14.5. The van der Waals surface area contributed by atoms with Crippen LogP contribution in [0, 0.1) is 11.8 Å². The van der Waals surface area contributed by atoms with Crippen molar-refractivity contribution in [3.8, 4) is 16.6 Å². The molecule has 278 valence electrons. The molecule has 2 amide bonds. The maximum atomic E-state index is 14.7. The van der Waals surface area contributed by atoms with Gasteiger partial charge in [0, 0.05) is 44.3 Å². The first-order valence-corrected chi connectivity index (χ1v) is 20.2. The van der Waals surface area contributed by atoms with E-state index in [4.69, 9.17) is 31.2 Å². The predicted octanol–water partition coefficient (Wildman–Crippen LogP) is 4.76. The van der Waals surface area contributed by atoms with Crippen molar-refractivity contribution in [3.63, 3.8) is 0 Å². The molecule has 0 spiro atoms. The zero-order chi connectivity index (χ0) is 36.6. The van der Waals surface area contributed by atoms with E-state index >= 15 is 0 Å². The second-order valence-electron chi connectivity index (χ2n) is 14.4.